The van der Waals surface area contributed by atoms with Gasteiger partial charge in [-0.15, -0.1) is 11.3 Å². The molecule has 0 unspecified atom stereocenters. The molecular formula is C20H23N5O3S. The molecule has 3 aromatic rings. The first-order chi connectivity index (χ1) is 13.9. The van der Waals surface area contributed by atoms with Gasteiger partial charge in [-0.05, 0) is 36.6 Å². The Morgan fingerprint density at radius 3 is 2.52 bits per heavy atom. The van der Waals surface area contributed by atoms with Crippen molar-refractivity contribution in [2.24, 2.45) is 5.73 Å². The molecule has 0 aliphatic rings. The van der Waals surface area contributed by atoms with Crippen LogP contribution < -0.4 is 16.4 Å². The van der Waals surface area contributed by atoms with Crippen molar-refractivity contribution in [2.45, 2.75) is 26.7 Å². The predicted octanol–water partition coefficient (Wildman–Crippen LogP) is 2.81. The molecule has 8 nitrogen and oxygen atoms in total. The second-order valence-corrected chi connectivity index (χ2v) is 7.62. The van der Waals surface area contributed by atoms with Gasteiger partial charge in [-0.2, -0.15) is 0 Å². The number of rotatable bonds is 8. The van der Waals surface area contributed by atoms with Crippen molar-refractivity contribution in [3.05, 3.63) is 46.1 Å². The van der Waals surface area contributed by atoms with E-state index in [1.54, 1.807) is 6.92 Å². The lowest BCUT2D eigenvalue weighted by atomic mass is 10.1. The number of thiophene rings is 1. The molecule has 2 heterocycles. The Bertz CT molecular complexity index is 1050. The zero-order valence-corrected chi connectivity index (χ0v) is 17.1. The molecule has 0 radical (unpaired) electrons. The highest BCUT2D eigenvalue weighted by molar-refractivity contribution is 7.20. The third kappa shape index (κ3) is 4.87. The Balaban J connectivity index is 1.85. The number of carboxylic acids is 1. The van der Waals surface area contributed by atoms with Crippen LogP contribution in [0.1, 0.15) is 33.5 Å². The van der Waals surface area contributed by atoms with Crippen molar-refractivity contribution in [2.75, 3.05) is 23.7 Å². The highest BCUT2D eigenvalue weighted by Gasteiger charge is 2.20. The molecule has 0 fully saturated rings. The molecule has 0 bridgehead atoms. The smallest absolute Gasteiger partial charge is 0.346 e. The summed E-state index contributed by atoms with van der Waals surface area (Å²) in [6.07, 6.45) is 1.32. The first-order valence-electron chi connectivity index (χ1n) is 9.22. The van der Waals surface area contributed by atoms with E-state index in [1.165, 1.54) is 6.92 Å². The van der Waals surface area contributed by atoms with Crippen LogP contribution in [0.3, 0.4) is 0 Å². The highest BCUT2D eigenvalue weighted by atomic mass is 32.1. The number of anilines is 2. The fourth-order valence-corrected chi connectivity index (χ4v) is 4.07. The van der Waals surface area contributed by atoms with Gasteiger partial charge in [0.25, 0.3) is 0 Å². The van der Waals surface area contributed by atoms with Crippen LogP contribution >= 0.6 is 11.3 Å². The first-order valence-corrected chi connectivity index (χ1v) is 10.0. The Morgan fingerprint density at radius 1 is 1.17 bits per heavy atom. The molecule has 0 saturated heterocycles. The Hall–Kier alpha value is -3.04. The fraction of sp³-hybridized carbons (Fsp3) is 0.300. The van der Waals surface area contributed by atoms with Crippen LogP contribution in [0.25, 0.3) is 10.2 Å². The second kappa shape index (κ2) is 8.97. The Kier molecular flexibility index (Phi) is 6.40. The quantitative estimate of drug-likeness (QED) is 0.447. The minimum absolute atomic E-state index is 0.107. The number of hydrogen-bond acceptors (Lipinski definition) is 7. The Labute approximate surface area is 172 Å². The molecule has 29 heavy (non-hydrogen) atoms. The number of carbonyl (C=O) groups is 2. The average molecular weight is 414 g/mol. The van der Waals surface area contributed by atoms with E-state index < -0.39 is 5.97 Å². The van der Waals surface area contributed by atoms with Crippen molar-refractivity contribution in [3.63, 3.8) is 0 Å². The molecule has 0 atom stereocenters. The molecule has 1 aromatic carbocycles. The summed E-state index contributed by atoms with van der Waals surface area (Å²) < 4.78 is 0. The van der Waals surface area contributed by atoms with E-state index in [0.29, 0.717) is 41.5 Å². The highest BCUT2D eigenvalue weighted by Crippen LogP contribution is 2.34. The van der Waals surface area contributed by atoms with Gasteiger partial charge in [0.15, 0.2) is 0 Å². The number of nitrogens with two attached hydrogens (primary N) is 1. The number of aryl methyl sites for hydroxylation is 3. The molecule has 0 aliphatic heterocycles. The van der Waals surface area contributed by atoms with Crippen molar-refractivity contribution in [1.29, 1.82) is 0 Å². The maximum absolute atomic E-state index is 11.5. The molecule has 5 N–H and O–H groups in total. The van der Waals surface area contributed by atoms with Gasteiger partial charge in [-0.3, -0.25) is 4.79 Å². The van der Waals surface area contributed by atoms with Crippen molar-refractivity contribution >= 4 is 44.9 Å². The van der Waals surface area contributed by atoms with Crippen LogP contribution in [0.2, 0.25) is 0 Å². The number of benzene rings is 1. The summed E-state index contributed by atoms with van der Waals surface area (Å²) in [7, 11) is 0. The second-order valence-electron chi connectivity index (χ2n) is 6.62. The summed E-state index contributed by atoms with van der Waals surface area (Å²) >= 11 is 1.16. The number of aromatic nitrogens is 2. The molecule has 0 aliphatic carbocycles. The molecule has 9 heteroatoms. The molecule has 1 amide bonds. The number of fused-ring (bicyclic) bond motifs is 1. The number of hydrogen-bond donors (Lipinski definition) is 4. The number of aromatic carboxylic acids is 1. The largest absolute Gasteiger partial charge is 0.477 e. The minimum Gasteiger partial charge on any atom is -0.477 e. The molecule has 152 valence electrons. The van der Waals surface area contributed by atoms with E-state index in [2.05, 4.69) is 20.6 Å². The standard InChI is InChI=1S/C20H23N5O3S/c1-11-16-18(22-10-9-21)24-15(25-19(16)29-17(11)20(27)28)8-5-13-3-6-14(7-4-13)23-12(2)26/h3-4,6-7H,5,8-10,21H2,1-2H3,(H,23,26)(H,27,28)(H,22,24,25). The zero-order valence-electron chi connectivity index (χ0n) is 16.3. The van der Waals surface area contributed by atoms with Gasteiger partial charge < -0.3 is 21.5 Å². The number of nitrogens with zero attached hydrogens (tertiary/aromatic N) is 2. The van der Waals surface area contributed by atoms with Crippen LogP contribution in [0.15, 0.2) is 24.3 Å². The van der Waals surface area contributed by atoms with E-state index in [-0.39, 0.29) is 10.8 Å². The number of carbonyl (C=O) groups excluding carboxylic acids is 1. The van der Waals surface area contributed by atoms with E-state index in [9.17, 15) is 14.7 Å². The number of carboxylic acid groups (broad SMARTS) is 1. The van der Waals surface area contributed by atoms with Gasteiger partial charge in [0, 0.05) is 32.1 Å². The van der Waals surface area contributed by atoms with Crippen LogP contribution in [0, 0.1) is 6.92 Å². The van der Waals surface area contributed by atoms with E-state index >= 15 is 0 Å². The van der Waals surface area contributed by atoms with Gasteiger partial charge in [-0.1, -0.05) is 12.1 Å². The maximum atomic E-state index is 11.5. The molecule has 2 aromatic heterocycles. The van der Waals surface area contributed by atoms with Gasteiger partial charge >= 0.3 is 5.97 Å². The van der Waals surface area contributed by atoms with Gasteiger partial charge in [0.2, 0.25) is 5.91 Å². The first kappa shape index (κ1) is 20.7. The summed E-state index contributed by atoms with van der Waals surface area (Å²) in [6.45, 7) is 4.22. The summed E-state index contributed by atoms with van der Waals surface area (Å²) in [5.74, 6) is 0.193. The maximum Gasteiger partial charge on any atom is 0.346 e. The summed E-state index contributed by atoms with van der Waals surface area (Å²) in [4.78, 5) is 32.8. The number of amides is 1. The van der Waals surface area contributed by atoms with Crippen LogP contribution in [-0.2, 0) is 17.6 Å². The topological polar surface area (TPSA) is 130 Å². The number of nitrogens with one attached hydrogen (secondary N) is 2. The van der Waals surface area contributed by atoms with Crippen LogP contribution in [0.4, 0.5) is 11.5 Å². The lowest BCUT2D eigenvalue weighted by Gasteiger charge is -2.09. The van der Waals surface area contributed by atoms with Gasteiger partial charge in [-0.25, -0.2) is 14.8 Å². The molecule has 0 saturated carbocycles. The average Bonchev–Trinajstić information content (AvgIpc) is 3.02. The van der Waals surface area contributed by atoms with Crippen molar-refractivity contribution < 1.29 is 14.7 Å². The molecule has 0 spiro atoms. The third-order valence-electron chi connectivity index (χ3n) is 4.38. The van der Waals surface area contributed by atoms with E-state index in [4.69, 9.17) is 5.73 Å². The third-order valence-corrected chi connectivity index (χ3v) is 5.55. The fourth-order valence-electron chi connectivity index (χ4n) is 3.03. The van der Waals surface area contributed by atoms with E-state index in [0.717, 1.165) is 34.4 Å². The predicted molar refractivity (Wildman–Crippen MR) is 115 cm³/mol. The zero-order chi connectivity index (χ0) is 21.0. The monoisotopic (exact) mass is 413 g/mol. The van der Waals surface area contributed by atoms with Crippen molar-refractivity contribution in [1.82, 2.24) is 9.97 Å². The summed E-state index contributed by atoms with van der Waals surface area (Å²) in [5, 5.41) is 16.1. The van der Waals surface area contributed by atoms with Crippen molar-refractivity contribution in [3.8, 4) is 0 Å². The normalized spacial score (nSPS) is 10.9. The molecule has 3 rings (SSSR count). The van der Waals surface area contributed by atoms with Gasteiger partial charge in [0.05, 0.1) is 5.39 Å². The summed E-state index contributed by atoms with van der Waals surface area (Å²) in [6, 6.07) is 7.62. The van der Waals surface area contributed by atoms with Crippen LogP contribution in [-0.4, -0.2) is 40.0 Å². The summed E-state index contributed by atoms with van der Waals surface area (Å²) in [5.41, 5.74) is 8.11. The lowest BCUT2D eigenvalue weighted by molar-refractivity contribution is -0.114. The molecular weight excluding hydrogens is 390 g/mol. The lowest BCUT2D eigenvalue weighted by Crippen LogP contribution is -2.15. The minimum atomic E-state index is -0.962. The van der Waals surface area contributed by atoms with E-state index in [1.807, 2.05) is 24.3 Å². The van der Waals surface area contributed by atoms with Crippen LogP contribution in [0.5, 0.6) is 0 Å². The SMILES string of the molecule is CC(=O)Nc1ccc(CCc2nc(NCCN)c3c(C)c(C(=O)O)sc3n2)cc1. The van der Waals surface area contributed by atoms with Gasteiger partial charge in [0.1, 0.15) is 21.3 Å². The Morgan fingerprint density at radius 2 is 1.90 bits per heavy atom.